The van der Waals surface area contributed by atoms with E-state index in [-0.39, 0.29) is 51.2 Å². The molecule has 0 unspecified atom stereocenters. The van der Waals surface area contributed by atoms with Crippen LogP contribution in [0.5, 0.6) is 0 Å². The van der Waals surface area contributed by atoms with Gasteiger partial charge in [-0.1, -0.05) is 135 Å². The first kappa shape index (κ1) is 41.1. The predicted octanol–water partition coefficient (Wildman–Crippen LogP) is 4.58. The summed E-state index contributed by atoms with van der Waals surface area (Å²) in [5.74, 6) is 0. The van der Waals surface area contributed by atoms with E-state index in [0.29, 0.717) is 0 Å². The second kappa shape index (κ2) is 22.6. The van der Waals surface area contributed by atoms with Gasteiger partial charge in [-0.3, -0.25) is 0 Å². The normalized spacial score (nSPS) is 14.7. The van der Waals surface area contributed by atoms with Gasteiger partial charge in [0.1, 0.15) is 0 Å². The van der Waals surface area contributed by atoms with E-state index in [4.69, 9.17) is 23.2 Å². The van der Waals surface area contributed by atoms with Crippen LogP contribution in [0, 0.1) is 0 Å². The van der Waals surface area contributed by atoms with Crippen LogP contribution in [-0.2, 0) is 21.1 Å². The number of hydrogen-bond acceptors (Lipinski definition) is 0. The topological polar surface area (TPSA) is 0 Å². The molecule has 1 aliphatic carbocycles. The maximum absolute atomic E-state index is 4.76. The van der Waals surface area contributed by atoms with Crippen LogP contribution in [0.3, 0.4) is 0 Å². The number of benzene rings is 4. The van der Waals surface area contributed by atoms with Crippen LogP contribution in [0.2, 0.25) is 0 Å². The molecule has 0 bridgehead atoms. The summed E-state index contributed by atoms with van der Waals surface area (Å²) in [6, 6.07) is 45.1. The molecule has 0 aliphatic heterocycles. The average molecular weight is 884 g/mol. The third-order valence-electron chi connectivity index (χ3n) is 7.43. The Morgan fingerprint density at radius 1 is 0.500 bits per heavy atom. The van der Waals surface area contributed by atoms with Gasteiger partial charge >= 0.3 is 21.1 Å². The molecule has 0 nitrogen and oxygen atoms in total. The molecule has 44 heavy (non-hydrogen) atoms. The molecule has 0 saturated heterocycles. The maximum atomic E-state index is 4.76. The zero-order valence-electron chi connectivity index (χ0n) is 25.2. The Hall–Kier alpha value is -0.932. The summed E-state index contributed by atoms with van der Waals surface area (Å²) in [5, 5.41) is 9.41. The third-order valence-corrected chi connectivity index (χ3v) is 12.9. The van der Waals surface area contributed by atoms with Crippen molar-refractivity contribution in [3.63, 3.8) is 0 Å². The summed E-state index contributed by atoms with van der Waals surface area (Å²) in [7, 11) is -1.14. The van der Waals surface area contributed by atoms with Gasteiger partial charge in [0.25, 0.3) is 0 Å². The molecule has 7 heteroatoms. The van der Waals surface area contributed by atoms with E-state index >= 15 is 0 Å². The third kappa shape index (κ3) is 10.8. The van der Waals surface area contributed by atoms with Gasteiger partial charge in [-0.2, -0.15) is 0 Å². The van der Waals surface area contributed by atoms with Crippen LogP contribution in [0.15, 0.2) is 143 Å². The van der Waals surface area contributed by atoms with E-state index < -0.39 is 15.8 Å². The first-order valence-corrected chi connectivity index (χ1v) is 18.3. The molecule has 4 aromatic rings. The summed E-state index contributed by atoms with van der Waals surface area (Å²) < 4.78 is 0. The minimum absolute atomic E-state index is 0. The molecule has 0 N–H and O–H groups in total. The molecular weight excluding hydrogens is 843 g/mol. The van der Waals surface area contributed by atoms with Crippen molar-refractivity contribution in [2.45, 2.75) is 52.4 Å². The standard InChI is InChI=1S/C36H38P2.CH2Cl2.2ClH.Pt/c1-3-35(37(29-19-9-5-10-20-29)30-21-11-6-12-22-30)33-27-17-18-28-34(33)36(4-2)38(31-23-13-7-14-24-31)32-25-15-8-16-26-32;2-1-3;;;/h5-16,19-26H,3-4,17-18,27-28H2,1-2H3;1H2;2*1H;/q;;;;+2/p-2/b35-33-,36-34-;;;;. The molecular formula is C37H40Cl4P2Pt. The van der Waals surface area contributed by atoms with Crippen LogP contribution in [0.25, 0.3) is 0 Å². The smallest absolute Gasteiger partial charge is 1.00 e. The van der Waals surface area contributed by atoms with Gasteiger partial charge in [0.05, 0.1) is 5.34 Å². The van der Waals surface area contributed by atoms with E-state index in [1.54, 1.807) is 21.8 Å². The Balaban J connectivity index is 0.00000155. The fourth-order valence-electron chi connectivity index (χ4n) is 5.78. The largest absolute Gasteiger partial charge is 2.00 e. The Kier molecular flexibility index (Phi) is 21.1. The summed E-state index contributed by atoms with van der Waals surface area (Å²) in [4.78, 5) is 0. The molecule has 0 amide bonds. The van der Waals surface area contributed by atoms with Crippen molar-refractivity contribution in [2.75, 3.05) is 5.34 Å². The van der Waals surface area contributed by atoms with Gasteiger partial charge in [-0.25, -0.2) is 0 Å². The molecule has 1 fully saturated rings. The predicted molar refractivity (Wildman–Crippen MR) is 188 cm³/mol. The maximum Gasteiger partial charge on any atom is 2.00 e. The minimum Gasteiger partial charge on any atom is -1.00 e. The van der Waals surface area contributed by atoms with Gasteiger partial charge in [0.15, 0.2) is 0 Å². The average Bonchev–Trinajstić information content (AvgIpc) is 3.04. The monoisotopic (exact) mass is 881 g/mol. The first-order chi connectivity index (χ1) is 20.2. The zero-order chi connectivity index (χ0) is 28.9. The molecule has 5 rings (SSSR count). The van der Waals surface area contributed by atoms with Crippen molar-refractivity contribution in [3.05, 3.63) is 143 Å². The van der Waals surface area contributed by atoms with Crippen LogP contribution in [-0.4, -0.2) is 5.34 Å². The van der Waals surface area contributed by atoms with Gasteiger partial charge < -0.3 is 24.8 Å². The Morgan fingerprint density at radius 3 is 0.932 bits per heavy atom. The van der Waals surface area contributed by atoms with Crippen molar-refractivity contribution >= 4 is 60.3 Å². The fourth-order valence-corrected chi connectivity index (χ4v) is 11.2. The molecule has 0 atom stereocenters. The van der Waals surface area contributed by atoms with Gasteiger partial charge in [-0.15, -0.1) is 23.2 Å². The van der Waals surface area contributed by atoms with E-state index in [0.717, 1.165) is 12.8 Å². The Morgan fingerprint density at radius 2 is 0.727 bits per heavy atom. The van der Waals surface area contributed by atoms with Crippen molar-refractivity contribution in [1.82, 2.24) is 0 Å². The van der Waals surface area contributed by atoms with Crippen LogP contribution < -0.4 is 46.0 Å². The minimum atomic E-state index is -0.569. The van der Waals surface area contributed by atoms with Gasteiger partial charge in [0.2, 0.25) is 0 Å². The molecule has 4 aromatic carbocycles. The van der Waals surface area contributed by atoms with Crippen molar-refractivity contribution in [1.29, 1.82) is 0 Å². The van der Waals surface area contributed by atoms with E-state index in [1.165, 1.54) is 46.9 Å². The van der Waals surface area contributed by atoms with Crippen LogP contribution >= 0.6 is 39.0 Å². The second-order valence-corrected chi connectivity index (χ2v) is 15.2. The molecule has 236 valence electrons. The Bertz CT molecular complexity index is 1210. The summed E-state index contributed by atoms with van der Waals surface area (Å²) in [6.45, 7) is 4.77. The fraction of sp³-hybridized carbons (Fsp3) is 0.243. The van der Waals surface area contributed by atoms with Crippen LogP contribution in [0.1, 0.15) is 52.4 Å². The molecule has 1 aliphatic rings. The van der Waals surface area contributed by atoms with Gasteiger partial charge in [-0.05, 0) is 97.4 Å². The van der Waals surface area contributed by atoms with E-state index in [2.05, 4.69) is 135 Å². The summed E-state index contributed by atoms with van der Waals surface area (Å²) in [5.41, 5.74) is 3.35. The Labute approximate surface area is 304 Å². The molecule has 1 saturated carbocycles. The molecule has 0 heterocycles. The van der Waals surface area contributed by atoms with Crippen molar-refractivity contribution in [3.8, 4) is 0 Å². The van der Waals surface area contributed by atoms with Crippen molar-refractivity contribution in [2.24, 2.45) is 0 Å². The number of alkyl halides is 2. The quantitative estimate of drug-likeness (QED) is 0.180. The van der Waals surface area contributed by atoms with Crippen molar-refractivity contribution < 1.29 is 45.9 Å². The van der Waals surface area contributed by atoms with Crippen LogP contribution in [0.4, 0.5) is 0 Å². The number of allylic oxidation sites excluding steroid dienone is 4. The second-order valence-electron chi connectivity index (χ2n) is 9.88. The first-order valence-electron chi connectivity index (χ1n) is 14.6. The summed E-state index contributed by atoms with van der Waals surface area (Å²) in [6.07, 6.45) is 7.18. The SMILES string of the molecule is CC/C(=C1\CCCC\C1=C(/CC)P(c1ccccc1)c1ccccc1)P(c1ccccc1)c1ccccc1.ClCCl.[Cl-].[Cl-].[Pt+2]. The summed E-state index contributed by atoms with van der Waals surface area (Å²) >= 11 is 9.53. The van der Waals surface area contributed by atoms with E-state index in [9.17, 15) is 0 Å². The number of halogens is 4. The van der Waals surface area contributed by atoms with E-state index in [1.807, 2.05) is 0 Å². The molecule has 0 aromatic heterocycles. The molecule has 0 spiro atoms. The molecule has 0 radical (unpaired) electrons. The number of hydrogen-bond donors (Lipinski definition) is 0. The number of rotatable bonds is 8. The van der Waals surface area contributed by atoms with Gasteiger partial charge in [0, 0.05) is 0 Å². The zero-order valence-corrected chi connectivity index (χ0v) is 32.3.